The highest BCUT2D eigenvalue weighted by atomic mass is 16.6. The Hall–Kier alpha value is -3.42. The average Bonchev–Trinajstić information content (AvgIpc) is 2.77. The van der Waals surface area contributed by atoms with Crippen LogP contribution in [0.3, 0.4) is 0 Å². The van der Waals surface area contributed by atoms with Crippen molar-refractivity contribution in [2.75, 3.05) is 21.3 Å². The second-order valence-corrected chi connectivity index (χ2v) is 5.71. The van der Waals surface area contributed by atoms with Crippen LogP contribution < -0.4 is 9.47 Å². The molecule has 8 heteroatoms. The zero-order valence-corrected chi connectivity index (χ0v) is 14.6. The van der Waals surface area contributed by atoms with Crippen molar-refractivity contribution in [1.29, 1.82) is 0 Å². The van der Waals surface area contributed by atoms with Crippen molar-refractivity contribution < 1.29 is 19.2 Å². The van der Waals surface area contributed by atoms with Crippen LogP contribution in [0.25, 0.3) is 0 Å². The predicted molar refractivity (Wildman–Crippen MR) is 94.8 cm³/mol. The zero-order chi connectivity index (χ0) is 18.8. The second-order valence-electron chi connectivity index (χ2n) is 5.71. The van der Waals surface area contributed by atoms with E-state index < -0.39 is 4.92 Å². The fourth-order valence-electron chi connectivity index (χ4n) is 2.78. The summed E-state index contributed by atoms with van der Waals surface area (Å²) in [5.74, 6) is 0.861. The zero-order valence-electron chi connectivity index (χ0n) is 14.6. The normalized spacial score (nSPS) is 13.6. The van der Waals surface area contributed by atoms with Crippen LogP contribution in [0.5, 0.6) is 11.5 Å². The molecule has 3 rings (SSSR count). The maximum absolute atomic E-state index is 12.3. The van der Waals surface area contributed by atoms with Crippen molar-refractivity contribution in [3.05, 3.63) is 63.2 Å². The fraction of sp³-hybridized carbons (Fsp3) is 0.222. The SMILES string of the molecule is COc1cc2c(cc1OC)C(c1ccc([N+](=O)[O-])cc1)=NN(C)C(=O)C2. The first-order chi connectivity index (χ1) is 12.4. The van der Waals surface area contributed by atoms with Gasteiger partial charge in [-0.3, -0.25) is 14.9 Å². The topological polar surface area (TPSA) is 94.3 Å². The van der Waals surface area contributed by atoms with E-state index >= 15 is 0 Å². The summed E-state index contributed by atoms with van der Waals surface area (Å²) in [5.41, 5.74) is 2.64. The molecule has 0 N–H and O–H groups in total. The molecule has 0 fully saturated rings. The number of hydrogen-bond donors (Lipinski definition) is 0. The number of nitro benzene ring substituents is 1. The number of hydrazone groups is 1. The molecule has 0 spiro atoms. The first-order valence-electron chi connectivity index (χ1n) is 7.80. The number of carbonyl (C=O) groups excluding carboxylic acids is 1. The summed E-state index contributed by atoms with van der Waals surface area (Å²) in [7, 11) is 4.63. The summed E-state index contributed by atoms with van der Waals surface area (Å²) in [5, 5.41) is 16.6. The molecule has 0 radical (unpaired) electrons. The van der Waals surface area contributed by atoms with Gasteiger partial charge in [0.05, 0.1) is 31.3 Å². The number of nitro groups is 1. The molecule has 0 aliphatic carbocycles. The molecule has 2 aromatic carbocycles. The number of rotatable bonds is 4. The van der Waals surface area contributed by atoms with Gasteiger partial charge in [0.1, 0.15) is 0 Å². The van der Waals surface area contributed by atoms with E-state index in [1.165, 1.54) is 31.4 Å². The molecule has 0 unspecified atom stereocenters. The van der Waals surface area contributed by atoms with Crippen LogP contribution in [0.15, 0.2) is 41.5 Å². The molecule has 0 bridgehead atoms. The van der Waals surface area contributed by atoms with Crippen LogP contribution in [0, 0.1) is 10.1 Å². The number of ether oxygens (including phenoxy) is 2. The van der Waals surface area contributed by atoms with Crippen molar-refractivity contribution >= 4 is 17.3 Å². The molecule has 134 valence electrons. The molecule has 0 aromatic heterocycles. The summed E-state index contributed by atoms with van der Waals surface area (Å²) in [6.07, 6.45) is 0.159. The molecule has 1 aliphatic heterocycles. The van der Waals surface area contributed by atoms with E-state index in [2.05, 4.69) is 5.10 Å². The molecule has 2 aromatic rings. The van der Waals surface area contributed by atoms with Gasteiger partial charge in [0.25, 0.3) is 5.69 Å². The lowest BCUT2D eigenvalue weighted by molar-refractivity contribution is -0.384. The van der Waals surface area contributed by atoms with Crippen LogP contribution in [0.1, 0.15) is 16.7 Å². The second kappa shape index (κ2) is 6.83. The number of likely N-dealkylation sites (N-methyl/N-ethyl adjacent to an activating group) is 1. The van der Waals surface area contributed by atoms with E-state index in [1.54, 1.807) is 31.3 Å². The van der Waals surface area contributed by atoms with Gasteiger partial charge in [-0.2, -0.15) is 5.10 Å². The number of non-ortho nitro benzene ring substituents is 1. The smallest absolute Gasteiger partial charge is 0.269 e. The summed E-state index contributed by atoms with van der Waals surface area (Å²) in [4.78, 5) is 22.7. The first kappa shape index (κ1) is 17.4. The van der Waals surface area contributed by atoms with Crippen LogP contribution in [-0.4, -0.2) is 42.8 Å². The Morgan fingerprint density at radius 1 is 1.12 bits per heavy atom. The van der Waals surface area contributed by atoms with E-state index in [1.807, 2.05) is 0 Å². The van der Waals surface area contributed by atoms with Crippen molar-refractivity contribution in [2.24, 2.45) is 5.10 Å². The van der Waals surface area contributed by atoms with Gasteiger partial charge in [-0.25, -0.2) is 5.01 Å². The highest BCUT2D eigenvalue weighted by Crippen LogP contribution is 2.33. The van der Waals surface area contributed by atoms with Crippen molar-refractivity contribution in [1.82, 2.24) is 5.01 Å². The van der Waals surface area contributed by atoms with E-state index in [0.717, 1.165) is 5.56 Å². The number of hydrogen-bond acceptors (Lipinski definition) is 6. The molecule has 0 atom stereocenters. The maximum Gasteiger partial charge on any atom is 0.269 e. The number of amides is 1. The molecule has 0 saturated heterocycles. The van der Waals surface area contributed by atoms with E-state index in [-0.39, 0.29) is 18.0 Å². The van der Waals surface area contributed by atoms with Gasteiger partial charge >= 0.3 is 0 Å². The Labute approximate surface area is 149 Å². The largest absolute Gasteiger partial charge is 0.493 e. The Kier molecular flexibility index (Phi) is 4.57. The number of fused-ring (bicyclic) bond motifs is 1. The fourth-order valence-corrected chi connectivity index (χ4v) is 2.78. The van der Waals surface area contributed by atoms with Gasteiger partial charge in [0, 0.05) is 30.3 Å². The Balaban J connectivity index is 2.19. The lowest BCUT2D eigenvalue weighted by Gasteiger charge is -2.14. The number of carbonyl (C=O) groups is 1. The van der Waals surface area contributed by atoms with E-state index in [4.69, 9.17) is 9.47 Å². The Morgan fingerprint density at radius 3 is 2.31 bits per heavy atom. The van der Waals surface area contributed by atoms with Crippen molar-refractivity contribution in [3.63, 3.8) is 0 Å². The number of benzene rings is 2. The number of methoxy groups -OCH3 is 2. The molecule has 8 nitrogen and oxygen atoms in total. The highest BCUT2D eigenvalue weighted by molar-refractivity contribution is 6.15. The minimum Gasteiger partial charge on any atom is -0.493 e. The van der Waals surface area contributed by atoms with Crippen LogP contribution in [0.4, 0.5) is 5.69 Å². The average molecular weight is 355 g/mol. The summed E-state index contributed by atoms with van der Waals surface area (Å²) in [6.45, 7) is 0. The third-order valence-electron chi connectivity index (χ3n) is 4.17. The third kappa shape index (κ3) is 3.08. The molecule has 1 amide bonds. The molecule has 26 heavy (non-hydrogen) atoms. The summed E-state index contributed by atoms with van der Waals surface area (Å²) >= 11 is 0. The minimum absolute atomic E-state index is 0.0139. The Morgan fingerprint density at radius 2 is 1.73 bits per heavy atom. The maximum atomic E-state index is 12.3. The van der Waals surface area contributed by atoms with Gasteiger partial charge < -0.3 is 9.47 Å². The molecule has 0 saturated carbocycles. The van der Waals surface area contributed by atoms with E-state index in [9.17, 15) is 14.9 Å². The van der Waals surface area contributed by atoms with Crippen molar-refractivity contribution in [2.45, 2.75) is 6.42 Å². The molecular weight excluding hydrogens is 338 g/mol. The van der Waals surface area contributed by atoms with Gasteiger partial charge in [-0.05, 0) is 29.8 Å². The first-order valence-corrected chi connectivity index (χ1v) is 7.80. The molecule has 1 heterocycles. The van der Waals surface area contributed by atoms with Crippen LogP contribution in [-0.2, 0) is 11.2 Å². The lowest BCUT2D eigenvalue weighted by Crippen LogP contribution is -2.22. The van der Waals surface area contributed by atoms with Gasteiger partial charge in [-0.1, -0.05) is 0 Å². The highest BCUT2D eigenvalue weighted by Gasteiger charge is 2.24. The van der Waals surface area contributed by atoms with Crippen LogP contribution in [0.2, 0.25) is 0 Å². The summed E-state index contributed by atoms with van der Waals surface area (Å²) < 4.78 is 10.7. The monoisotopic (exact) mass is 355 g/mol. The number of nitrogens with zero attached hydrogens (tertiary/aromatic N) is 3. The summed E-state index contributed by atoms with van der Waals surface area (Å²) in [6, 6.07) is 9.56. The predicted octanol–water partition coefficient (Wildman–Crippen LogP) is 2.38. The van der Waals surface area contributed by atoms with Gasteiger partial charge in [0.2, 0.25) is 5.91 Å². The quantitative estimate of drug-likeness (QED) is 0.620. The van der Waals surface area contributed by atoms with Gasteiger partial charge in [-0.15, -0.1) is 0 Å². The van der Waals surface area contributed by atoms with Crippen molar-refractivity contribution in [3.8, 4) is 11.5 Å². The minimum atomic E-state index is -0.462. The lowest BCUT2D eigenvalue weighted by atomic mass is 9.95. The molecular formula is C18H17N3O5. The third-order valence-corrected chi connectivity index (χ3v) is 4.17. The Bertz CT molecular complexity index is 906. The van der Waals surface area contributed by atoms with E-state index in [0.29, 0.717) is 28.3 Å². The standard InChI is InChI=1S/C18H17N3O5/c1-20-17(22)9-12-8-15(25-2)16(26-3)10-14(12)18(19-20)11-4-6-13(7-5-11)21(23)24/h4-8,10H,9H2,1-3H3. The molecule has 1 aliphatic rings. The van der Waals surface area contributed by atoms with Crippen LogP contribution >= 0.6 is 0 Å². The van der Waals surface area contributed by atoms with Gasteiger partial charge in [0.15, 0.2) is 11.5 Å².